The molecule has 0 aliphatic rings. The second kappa shape index (κ2) is 10.7. The van der Waals surface area contributed by atoms with Crippen LogP contribution in [0.3, 0.4) is 0 Å². The van der Waals surface area contributed by atoms with Gasteiger partial charge >= 0.3 is 0 Å². The Labute approximate surface area is 198 Å². The molecule has 3 aromatic carbocycles. The number of nitrogens with one attached hydrogen (secondary N) is 1. The zero-order chi connectivity index (χ0) is 24.0. The number of nitrogens with zero attached hydrogens (tertiary/aromatic N) is 1. The summed E-state index contributed by atoms with van der Waals surface area (Å²) in [5, 5.41) is 3.28. The molecule has 0 aliphatic heterocycles. The Hall–Kier alpha value is -3.07. The first-order valence-corrected chi connectivity index (χ1v) is 12.0. The van der Waals surface area contributed by atoms with Crippen LogP contribution in [-0.4, -0.2) is 39.4 Å². The minimum absolute atomic E-state index is 0.0122. The number of rotatable bonds is 9. The maximum absolute atomic E-state index is 12.9. The SMILES string of the molecule is CCOc1ccc(NC(=O)c2ccc(OC)c(CN(C)S(=O)(=O)c3ccc(Cl)cc3)c2)cc1. The molecule has 7 nitrogen and oxygen atoms in total. The number of sulfonamides is 1. The van der Waals surface area contributed by atoms with E-state index in [1.807, 2.05) is 6.92 Å². The fourth-order valence-corrected chi connectivity index (χ4v) is 4.43. The summed E-state index contributed by atoms with van der Waals surface area (Å²) in [4.78, 5) is 12.9. The van der Waals surface area contributed by atoms with Gasteiger partial charge in [-0.25, -0.2) is 8.42 Å². The largest absolute Gasteiger partial charge is 0.496 e. The highest BCUT2D eigenvalue weighted by atomic mass is 35.5. The Bertz CT molecular complexity index is 1210. The van der Waals surface area contributed by atoms with Crippen LogP contribution in [0.1, 0.15) is 22.8 Å². The highest BCUT2D eigenvalue weighted by Crippen LogP contribution is 2.25. The number of anilines is 1. The van der Waals surface area contributed by atoms with E-state index in [-0.39, 0.29) is 17.3 Å². The third-order valence-electron chi connectivity index (χ3n) is 4.88. The van der Waals surface area contributed by atoms with Gasteiger partial charge in [-0.2, -0.15) is 4.31 Å². The lowest BCUT2D eigenvalue weighted by molar-refractivity contribution is 0.102. The Morgan fingerprint density at radius 1 is 1.03 bits per heavy atom. The van der Waals surface area contributed by atoms with Crippen LogP contribution >= 0.6 is 11.6 Å². The van der Waals surface area contributed by atoms with Crippen LogP contribution in [0.15, 0.2) is 71.6 Å². The summed E-state index contributed by atoms with van der Waals surface area (Å²) in [6, 6.07) is 17.9. The number of carbonyl (C=O) groups is 1. The second-order valence-electron chi connectivity index (χ2n) is 7.15. The lowest BCUT2D eigenvalue weighted by atomic mass is 10.1. The van der Waals surface area contributed by atoms with Crippen LogP contribution in [0.25, 0.3) is 0 Å². The smallest absolute Gasteiger partial charge is 0.255 e. The monoisotopic (exact) mass is 488 g/mol. The van der Waals surface area contributed by atoms with E-state index in [1.165, 1.54) is 42.7 Å². The summed E-state index contributed by atoms with van der Waals surface area (Å²) < 4.78 is 37.9. The first-order chi connectivity index (χ1) is 15.7. The van der Waals surface area contributed by atoms with Gasteiger partial charge in [-0.1, -0.05) is 11.6 Å². The van der Waals surface area contributed by atoms with E-state index in [0.29, 0.717) is 39.9 Å². The molecule has 0 radical (unpaired) electrons. The zero-order valence-electron chi connectivity index (χ0n) is 18.5. The van der Waals surface area contributed by atoms with Crippen LogP contribution in [0.4, 0.5) is 5.69 Å². The van der Waals surface area contributed by atoms with Crippen molar-refractivity contribution in [3.8, 4) is 11.5 Å². The van der Waals surface area contributed by atoms with Crippen molar-refractivity contribution in [3.63, 3.8) is 0 Å². The fraction of sp³-hybridized carbons (Fsp3) is 0.208. The molecule has 9 heteroatoms. The highest BCUT2D eigenvalue weighted by Gasteiger charge is 2.22. The third-order valence-corrected chi connectivity index (χ3v) is 6.95. The van der Waals surface area contributed by atoms with Gasteiger partial charge in [-0.3, -0.25) is 4.79 Å². The Morgan fingerprint density at radius 3 is 2.30 bits per heavy atom. The van der Waals surface area contributed by atoms with Crippen molar-refractivity contribution in [2.45, 2.75) is 18.4 Å². The molecule has 0 fully saturated rings. The van der Waals surface area contributed by atoms with Gasteiger partial charge in [0.1, 0.15) is 11.5 Å². The van der Waals surface area contributed by atoms with Gasteiger partial charge in [-0.15, -0.1) is 0 Å². The fourth-order valence-electron chi connectivity index (χ4n) is 3.16. The molecule has 1 N–H and O–H groups in total. The summed E-state index contributed by atoms with van der Waals surface area (Å²) in [7, 11) is -0.802. The van der Waals surface area contributed by atoms with Gasteiger partial charge in [-0.05, 0) is 73.7 Å². The van der Waals surface area contributed by atoms with Crippen molar-refractivity contribution in [3.05, 3.63) is 82.9 Å². The molecule has 0 unspecified atom stereocenters. The number of carbonyl (C=O) groups excluding carboxylic acids is 1. The number of methoxy groups -OCH3 is 1. The third kappa shape index (κ3) is 6.04. The number of hydrogen-bond acceptors (Lipinski definition) is 5. The van der Waals surface area contributed by atoms with Crippen molar-refractivity contribution in [1.29, 1.82) is 0 Å². The number of halogens is 1. The zero-order valence-corrected chi connectivity index (χ0v) is 20.1. The van der Waals surface area contributed by atoms with E-state index in [0.717, 1.165) is 0 Å². The van der Waals surface area contributed by atoms with Gasteiger partial charge < -0.3 is 14.8 Å². The number of ether oxygens (including phenoxy) is 2. The molecule has 0 atom stereocenters. The molecule has 0 aliphatic carbocycles. The molecule has 0 saturated carbocycles. The lowest BCUT2D eigenvalue weighted by Gasteiger charge is -2.19. The second-order valence-corrected chi connectivity index (χ2v) is 9.63. The summed E-state index contributed by atoms with van der Waals surface area (Å²) >= 11 is 5.87. The highest BCUT2D eigenvalue weighted by molar-refractivity contribution is 7.89. The Morgan fingerprint density at radius 2 is 1.70 bits per heavy atom. The molecular formula is C24H25ClN2O5S. The molecule has 0 saturated heterocycles. The Kier molecular flexibility index (Phi) is 7.97. The first kappa shape index (κ1) is 24.6. The van der Waals surface area contributed by atoms with Crippen LogP contribution in [0, 0.1) is 0 Å². The van der Waals surface area contributed by atoms with Crippen LogP contribution in [-0.2, 0) is 16.6 Å². The van der Waals surface area contributed by atoms with Crippen LogP contribution in [0.5, 0.6) is 11.5 Å². The molecule has 3 aromatic rings. The number of amides is 1. The molecule has 3 rings (SSSR count). The standard InChI is InChI=1S/C24H25ClN2O5S/c1-4-32-21-10-8-20(9-11-21)26-24(28)17-5-14-23(31-3)18(15-17)16-27(2)33(29,30)22-12-6-19(25)7-13-22/h5-15H,4,16H2,1-3H3,(H,26,28). The molecule has 0 aromatic heterocycles. The van der Waals surface area contributed by atoms with Crippen molar-refractivity contribution >= 4 is 33.2 Å². The van der Waals surface area contributed by atoms with Crippen molar-refractivity contribution in [2.24, 2.45) is 0 Å². The van der Waals surface area contributed by atoms with E-state index in [4.69, 9.17) is 21.1 Å². The van der Waals surface area contributed by atoms with Crippen molar-refractivity contribution < 1.29 is 22.7 Å². The normalized spacial score (nSPS) is 11.3. The van der Waals surface area contributed by atoms with Crippen LogP contribution < -0.4 is 14.8 Å². The summed E-state index contributed by atoms with van der Waals surface area (Å²) in [5.74, 6) is 0.865. The quantitative estimate of drug-likeness (QED) is 0.466. The van der Waals surface area contributed by atoms with E-state index in [9.17, 15) is 13.2 Å². The van der Waals surface area contributed by atoms with E-state index < -0.39 is 10.0 Å². The van der Waals surface area contributed by atoms with E-state index in [2.05, 4.69) is 5.32 Å². The molecule has 1 amide bonds. The van der Waals surface area contributed by atoms with Gasteiger partial charge in [0, 0.05) is 35.4 Å². The molecule has 0 spiro atoms. The minimum Gasteiger partial charge on any atom is -0.496 e. The minimum atomic E-state index is -3.76. The first-order valence-electron chi connectivity index (χ1n) is 10.2. The average Bonchev–Trinajstić information content (AvgIpc) is 2.80. The summed E-state index contributed by atoms with van der Waals surface area (Å²) in [6.07, 6.45) is 0. The molecule has 174 valence electrons. The molecule has 0 heterocycles. The Balaban J connectivity index is 1.80. The maximum Gasteiger partial charge on any atom is 0.255 e. The molecular weight excluding hydrogens is 464 g/mol. The van der Waals surface area contributed by atoms with Crippen molar-refractivity contribution in [2.75, 3.05) is 26.1 Å². The van der Waals surface area contributed by atoms with E-state index >= 15 is 0 Å². The van der Waals surface area contributed by atoms with Crippen LogP contribution in [0.2, 0.25) is 5.02 Å². The number of hydrogen-bond donors (Lipinski definition) is 1. The van der Waals surface area contributed by atoms with E-state index in [1.54, 1.807) is 42.5 Å². The topological polar surface area (TPSA) is 84.9 Å². The molecule has 33 heavy (non-hydrogen) atoms. The average molecular weight is 489 g/mol. The molecule has 0 bridgehead atoms. The maximum atomic E-state index is 12.9. The van der Waals surface area contributed by atoms with Crippen molar-refractivity contribution in [1.82, 2.24) is 4.31 Å². The summed E-state index contributed by atoms with van der Waals surface area (Å²) in [6.45, 7) is 2.47. The summed E-state index contributed by atoms with van der Waals surface area (Å²) in [5.41, 5.74) is 1.54. The predicted molar refractivity (Wildman–Crippen MR) is 129 cm³/mol. The van der Waals surface area contributed by atoms with Gasteiger partial charge in [0.2, 0.25) is 10.0 Å². The van der Waals surface area contributed by atoms with Gasteiger partial charge in [0.15, 0.2) is 0 Å². The lowest BCUT2D eigenvalue weighted by Crippen LogP contribution is -2.27. The van der Waals surface area contributed by atoms with Gasteiger partial charge in [0.05, 0.1) is 18.6 Å². The predicted octanol–water partition coefficient (Wildman–Crippen LogP) is 4.82. The number of benzene rings is 3. The van der Waals surface area contributed by atoms with Gasteiger partial charge in [0.25, 0.3) is 5.91 Å².